The normalized spacial score (nSPS) is 25.0. The van der Waals surface area contributed by atoms with Gasteiger partial charge >= 0.3 is 0 Å². The maximum Gasteiger partial charge on any atom is 0.269 e. The molecule has 0 aromatic heterocycles. The molecule has 1 aromatic carbocycles. The number of non-ortho nitro benzene ring substituents is 1. The molecule has 1 aromatic rings. The van der Waals surface area contributed by atoms with E-state index in [-0.39, 0.29) is 21.7 Å². The molecule has 6 heteroatoms. The molecule has 0 unspecified atom stereocenters. The summed E-state index contributed by atoms with van der Waals surface area (Å²) in [5.74, 6) is 0. The Bertz CT molecular complexity index is 709. The molecule has 2 aliphatic heterocycles. The average molecular weight is 312 g/mol. The van der Waals surface area contributed by atoms with Crippen LogP contribution < -0.4 is 0 Å². The van der Waals surface area contributed by atoms with Crippen molar-refractivity contribution in [2.24, 2.45) is 10.4 Å². The zero-order chi connectivity index (χ0) is 16.2. The Kier molecular flexibility index (Phi) is 2.98. The maximum atomic E-state index is 10.9. The average Bonchev–Trinajstić information content (AvgIpc) is 3.26. The molecule has 1 aliphatic carbocycles. The molecule has 2 heterocycles. The van der Waals surface area contributed by atoms with Crippen LogP contribution in [0.25, 0.3) is 0 Å². The van der Waals surface area contributed by atoms with Crippen molar-refractivity contribution >= 4 is 11.4 Å². The smallest absolute Gasteiger partial charge is 0.269 e. The molecule has 4 rings (SSSR count). The van der Waals surface area contributed by atoms with Crippen molar-refractivity contribution < 1.29 is 4.92 Å². The lowest BCUT2D eigenvalue weighted by atomic mass is 9.78. The third-order valence-corrected chi connectivity index (χ3v) is 5.64. The van der Waals surface area contributed by atoms with E-state index in [0.29, 0.717) is 0 Å². The van der Waals surface area contributed by atoms with E-state index in [1.807, 2.05) is 18.3 Å². The van der Waals surface area contributed by atoms with E-state index in [2.05, 4.69) is 30.0 Å². The summed E-state index contributed by atoms with van der Waals surface area (Å²) < 4.78 is 0. The number of aliphatic imine (C=N–C) groups is 1. The molecule has 0 radical (unpaired) electrons. The number of fused-ring (bicyclic) bond motifs is 1. The summed E-state index contributed by atoms with van der Waals surface area (Å²) in [6.07, 6.45) is 6.48. The van der Waals surface area contributed by atoms with Crippen LogP contribution in [-0.4, -0.2) is 53.3 Å². The minimum atomic E-state index is -0.363. The zero-order valence-electron chi connectivity index (χ0n) is 13.4. The van der Waals surface area contributed by atoms with Gasteiger partial charge in [0.05, 0.1) is 10.6 Å². The Labute approximate surface area is 135 Å². The van der Waals surface area contributed by atoms with Gasteiger partial charge in [-0.05, 0) is 44.6 Å². The van der Waals surface area contributed by atoms with Crippen molar-refractivity contribution in [1.82, 2.24) is 9.80 Å². The molecule has 3 aliphatic rings. The molecular weight excluding hydrogens is 292 g/mol. The van der Waals surface area contributed by atoms with E-state index in [0.717, 1.165) is 37.2 Å². The van der Waals surface area contributed by atoms with Gasteiger partial charge in [0.1, 0.15) is 5.66 Å². The Morgan fingerprint density at radius 2 is 1.74 bits per heavy atom. The van der Waals surface area contributed by atoms with Crippen LogP contribution in [-0.2, 0) is 0 Å². The number of nitro benzene ring substituents is 1. The van der Waals surface area contributed by atoms with Crippen molar-refractivity contribution in [2.45, 2.75) is 18.5 Å². The highest BCUT2D eigenvalue weighted by atomic mass is 16.6. The highest BCUT2D eigenvalue weighted by Crippen LogP contribution is 2.61. The molecule has 6 nitrogen and oxygen atoms in total. The lowest BCUT2D eigenvalue weighted by Gasteiger charge is -2.48. The summed E-state index contributed by atoms with van der Waals surface area (Å²) in [7, 11) is 4.31. The third kappa shape index (κ3) is 1.79. The van der Waals surface area contributed by atoms with Crippen LogP contribution in [0.15, 0.2) is 41.5 Å². The SMILES string of the molecule is CN1CCN(C)C12C(c1ccc([N+](=O)[O-])cc1)=NC=CC21CC1. The molecule has 1 saturated carbocycles. The van der Waals surface area contributed by atoms with Crippen LogP contribution in [0.1, 0.15) is 18.4 Å². The lowest BCUT2D eigenvalue weighted by molar-refractivity contribution is -0.384. The Morgan fingerprint density at radius 3 is 2.26 bits per heavy atom. The standard InChI is InChI=1S/C17H20N4O2/c1-19-11-12-20(2)17(19)15(18-10-9-16(17)7-8-16)13-3-5-14(6-4-13)21(22)23/h3-6,9-10H,7-8,11-12H2,1-2H3. The first-order valence-corrected chi connectivity index (χ1v) is 7.95. The van der Waals surface area contributed by atoms with Gasteiger partial charge in [-0.3, -0.25) is 24.9 Å². The summed E-state index contributed by atoms with van der Waals surface area (Å²) in [6.45, 7) is 2.00. The largest absolute Gasteiger partial charge is 0.281 e. The highest BCUT2D eigenvalue weighted by molar-refractivity contribution is 6.09. The summed E-state index contributed by atoms with van der Waals surface area (Å²) in [6, 6.07) is 6.79. The first-order chi connectivity index (χ1) is 11.0. The third-order valence-electron chi connectivity index (χ3n) is 5.64. The van der Waals surface area contributed by atoms with Crippen LogP contribution in [0, 0.1) is 15.5 Å². The Morgan fingerprint density at radius 1 is 1.13 bits per heavy atom. The molecule has 0 amide bonds. The predicted molar refractivity (Wildman–Crippen MR) is 88.4 cm³/mol. The van der Waals surface area contributed by atoms with E-state index in [4.69, 9.17) is 4.99 Å². The molecule has 23 heavy (non-hydrogen) atoms. The monoisotopic (exact) mass is 312 g/mol. The second-order valence-corrected chi connectivity index (χ2v) is 6.77. The van der Waals surface area contributed by atoms with Gasteiger partial charge < -0.3 is 0 Å². The quantitative estimate of drug-likeness (QED) is 0.621. The Hall–Kier alpha value is -2.05. The van der Waals surface area contributed by atoms with Crippen LogP contribution >= 0.6 is 0 Å². The molecule has 120 valence electrons. The number of benzene rings is 1. The van der Waals surface area contributed by atoms with E-state index in [1.165, 1.54) is 0 Å². The van der Waals surface area contributed by atoms with E-state index in [9.17, 15) is 10.1 Å². The molecule has 0 atom stereocenters. The zero-order valence-corrected chi connectivity index (χ0v) is 13.4. The fourth-order valence-corrected chi connectivity index (χ4v) is 4.40. The van der Waals surface area contributed by atoms with Gasteiger partial charge in [0.25, 0.3) is 5.69 Å². The molecule has 2 fully saturated rings. The fraction of sp³-hybridized carbons (Fsp3) is 0.471. The Balaban J connectivity index is 1.84. The summed E-state index contributed by atoms with van der Waals surface area (Å²) in [5.41, 5.74) is 1.97. The number of nitrogens with zero attached hydrogens (tertiary/aromatic N) is 4. The first kappa shape index (κ1) is 14.5. The van der Waals surface area contributed by atoms with Gasteiger partial charge in [0.15, 0.2) is 0 Å². The molecule has 0 N–H and O–H groups in total. The predicted octanol–water partition coefficient (Wildman–Crippen LogP) is 2.26. The number of likely N-dealkylation sites (N-methyl/N-ethyl adjacent to an activating group) is 2. The topological polar surface area (TPSA) is 62.0 Å². The van der Waals surface area contributed by atoms with E-state index >= 15 is 0 Å². The summed E-state index contributed by atoms with van der Waals surface area (Å²) >= 11 is 0. The second kappa shape index (κ2) is 4.72. The minimum absolute atomic E-state index is 0.115. The van der Waals surface area contributed by atoms with Crippen molar-refractivity contribution in [2.75, 3.05) is 27.2 Å². The van der Waals surface area contributed by atoms with Gasteiger partial charge in [-0.2, -0.15) is 0 Å². The van der Waals surface area contributed by atoms with Crippen molar-refractivity contribution in [3.8, 4) is 0 Å². The number of hydrogen-bond acceptors (Lipinski definition) is 5. The first-order valence-electron chi connectivity index (χ1n) is 7.95. The van der Waals surface area contributed by atoms with Gasteiger partial charge in [-0.25, -0.2) is 0 Å². The lowest BCUT2D eigenvalue weighted by Crippen LogP contribution is -2.63. The summed E-state index contributed by atoms with van der Waals surface area (Å²) in [5, 5.41) is 10.9. The van der Waals surface area contributed by atoms with Crippen molar-refractivity contribution in [3.63, 3.8) is 0 Å². The fourth-order valence-electron chi connectivity index (χ4n) is 4.40. The molecule has 1 saturated heterocycles. The molecular formula is C17H20N4O2. The van der Waals surface area contributed by atoms with Crippen LogP contribution in [0.4, 0.5) is 5.69 Å². The van der Waals surface area contributed by atoms with Gasteiger partial charge in [-0.15, -0.1) is 0 Å². The van der Waals surface area contributed by atoms with E-state index in [1.54, 1.807) is 12.1 Å². The maximum absolute atomic E-state index is 10.9. The van der Waals surface area contributed by atoms with Gasteiger partial charge in [-0.1, -0.05) is 6.08 Å². The van der Waals surface area contributed by atoms with Crippen LogP contribution in [0.2, 0.25) is 0 Å². The number of rotatable bonds is 2. The van der Waals surface area contributed by atoms with Gasteiger partial charge in [0.2, 0.25) is 0 Å². The van der Waals surface area contributed by atoms with Crippen molar-refractivity contribution in [3.05, 3.63) is 52.2 Å². The molecule has 2 spiro atoms. The van der Waals surface area contributed by atoms with Gasteiger partial charge in [0, 0.05) is 36.8 Å². The minimum Gasteiger partial charge on any atom is -0.281 e. The van der Waals surface area contributed by atoms with Crippen molar-refractivity contribution in [1.29, 1.82) is 0 Å². The number of nitro groups is 1. The van der Waals surface area contributed by atoms with E-state index < -0.39 is 0 Å². The summed E-state index contributed by atoms with van der Waals surface area (Å²) in [4.78, 5) is 20.1. The second-order valence-electron chi connectivity index (χ2n) is 6.77. The van der Waals surface area contributed by atoms with Crippen LogP contribution in [0.5, 0.6) is 0 Å². The van der Waals surface area contributed by atoms with Crippen LogP contribution in [0.3, 0.4) is 0 Å². The molecule has 0 bridgehead atoms. The number of hydrogen-bond donors (Lipinski definition) is 0. The highest BCUT2D eigenvalue weighted by Gasteiger charge is 2.67.